The van der Waals surface area contributed by atoms with Gasteiger partial charge in [0.25, 0.3) is 11.5 Å². The molecule has 1 unspecified atom stereocenters. The maximum absolute atomic E-state index is 13.7. The highest BCUT2D eigenvalue weighted by Gasteiger charge is 2.22. The van der Waals surface area contributed by atoms with E-state index < -0.39 is 28.7 Å². The fourth-order valence-electron chi connectivity index (χ4n) is 2.76. The predicted octanol–water partition coefficient (Wildman–Crippen LogP) is 2.76. The molecule has 156 valence electrons. The number of benzene rings is 2. The molecule has 0 fully saturated rings. The van der Waals surface area contributed by atoms with E-state index in [2.05, 4.69) is 10.4 Å². The van der Waals surface area contributed by atoms with E-state index >= 15 is 0 Å². The molecule has 1 amide bonds. The zero-order valence-electron chi connectivity index (χ0n) is 16.4. The van der Waals surface area contributed by atoms with Crippen LogP contribution >= 0.6 is 11.6 Å². The maximum atomic E-state index is 13.7. The van der Waals surface area contributed by atoms with Gasteiger partial charge in [0.2, 0.25) is 5.69 Å². The van der Waals surface area contributed by atoms with Crippen molar-refractivity contribution in [2.24, 2.45) is 0 Å². The molecule has 0 aliphatic rings. The zero-order chi connectivity index (χ0) is 21.8. The summed E-state index contributed by atoms with van der Waals surface area (Å²) in [6, 6.07) is 11.7. The SMILES string of the molecule is CCC(C)NC(=O)c1nn(-c2cccc(F)c2)c(=O)n(Cc2ccccc2Cl)c1=O. The molecule has 0 spiro atoms. The third kappa shape index (κ3) is 4.49. The van der Waals surface area contributed by atoms with E-state index in [1.165, 1.54) is 18.2 Å². The van der Waals surface area contributed by atoms with Gasteiger partial charge < -0.3 is 5.32 Å². The van der Waals surface area contributed by atoms with Gasteiger partial charge in [-0.05, 0) is 43.2 Å². The number of carbonyl (C=O) groups is 1. The van der Waals surface area contributed by atoms with Crippen molar-refractivity contribution in [1.82, 2.24) is 19.7 Å². The summed E-state index contributed by atoms with van der Waals surface area (Å²) in [6.45, 7) is 3.49. The normalized spacial score (nSPS) is 11.9. The van der Waals surface area contributed by atoms with Gasteiger partial charge in [-0.15, -0.1) is 0 Å². The third-order valence-corrected chi connectivity index (χ3v) is 4.97. The number of rotatable bonds is 6. The molecular weight excluding hydrogens is 411 g/mol. The van der Waals surface area contributed by atoms with Crippen LogP contribution < -0.4 is 16.6 Å². The molecule has 9 heteroatoms. The number of amides is 1. The van der Waals surface area contributed by atoms with Crippen LogP contribution in [0.4, 0.5) is 4.39 Å². The van der Waals surface area contributed by atoms with Crippen LogP contribution in [0.1, 0.15) is 36.3 Å². The lowest BCUT2D eigenvalue weighted by Gasteiger charge is -2.14. The quantitative estimate of drug-likeness (QED) is 0.651. The molecule has 0 bridgehead atoms. The molecule has 30 heavy (non-hydrogen) atoms. The Labute approximate surface area is 176 Å². The summed E-state index contributed by atoms with van der Waals surface area (Å²) in [5.74, 6) is -1.30. The summed E-state index contributed by atoms with van der Waals surface area (Å²) in [4.78, 5) is 38.7. The van der Waals surface area contributed by atoms with Crippen LogP contribution in [0.15, 0.2) is 58.1 Å². The second kappa shape index (κ2) is 9.04. The van der Waals surface area contributed by atoms with E-state index in [9.17, 15) is 18.8 Å². The molecule has 0 radical (unpaired) electrons. The highest BCUT2D eigenvalue weighted by atomic mass is 35.5. The van der Waals surface area contributed by atoms with Crippen LogP contribution in [0, 0.1) is 5.82 Å². The Kier molecular flexibility index (Phi) is 6.47. The lowest BCUT2D eigenvalue weighted by atomic mass is 10.2. The third-order valence-electron chi connectivity index (χ3n) is 4.60. The van der Waals surface area contributed by atoms with Gasteiger partial charge in [-0.3, -0.25) is 14.2 Å². The lowest BCUT2D eigenvalue weighted by molar-refractivity contribution is 0.0929. The highest BCUT2D eigenvalue weighted by Crippen LogP contribution is 2.15. The molecule has 1 atom stereocenters. The highest BCUT2D eigenvalue weighted by molar-refractivity contribution is 6.31. The van der Waals surface area contributed by atoms with Crippen molar-refractivity contribution in [2.45, 2.75) is 32.9 Å². The summed E-state index contributed by atoms with van der Waals surface area (Å²) in [7, 11) is 0. The van der Waals surface area contributed by atoms with Crippen LogP contribution in [0.25, 0.3) is 5.69 Å². The molecule has 3 aromatic rings. The standard InChI is InChI=1S/C21H20ClFN4O3/c1-3-13(2)24-19(28)18-20(29)26(12-14-7-4-5-10-17(14)22)21(30)27(25-18)16-9-6-8-15(23)11-16/h4-11,13H,3,12H2,1-2H3,(H,24,28). The van der Waals surface area contributed by atoms with Gasteiger partial charge in [0, 0.05) is 11.1 Å². The first-order valence-electron chi connectivity index (χ1n) is 9.36. The van der Waals surface area contributed by atoms with Gasteiger partial charge >= 0.3 is 5.69 Å². The first kappa shape index (κ1) is 21.4. The molecule has 1 aromatic heterocycles. The van der Waals surface area contributed by atoms with Crippen LogP contribution in [-0.4, -0.2) is 26.3 Å². The first-order valence-corrected chi connectivity index (χ1v) is 9.74. The Morgan fingerprint density at radius 2 is 1.93 bits per heavy atom. The zero-order valence-corrected chi connectivity index (χ0v) is 17.2. The minimum Gasteiger partial charge on any atom is -0.348 e. The number of aromatic nitrogens is 3. The Bertz CT molecular complexity index is 1210. The molecule has 1 N–H and O–H groups in total. The first-order chi connectivity index (χ1) is 14.3. The van der Waals surface area contributed by atoms with Crippen LogP contribution in [0.3, 0.4) is 0 Å². The number of carbonyl (C=O) groups excluding carboxylic acids is 1. The van der Waals surface area contributed by atoms with Crippen LogP contribution in [0.2, 0.25) is 5.02 Å². The number of nitrogens with one attached hydrogen (secondary N) is 1. The van der Waals surface area contributed by atoms with Gasteiger partial charge in [-0.1, -0.05) is 42.8 Å². The molecule has 0 saturated carbocycles. The van der Waals surface area contributed by atoms with Crippen molar-refractivity contribution in [3.63, 3.8) is 0 Å². The van der Waals surface area contributed by atoms with Crippen molar-refractivity contribution in [3.05, 3.63) is 91.5 Å². The molecule has 0 aliphatic heterocycles. The Hall–Kier alpha value is -3.26. The second-order valence-corrected chi connectivity index (χ2v) is 7.20. The molecule has 1 heterocycles. The number of hydrogen-bond donors (Lipinski definition) is 1. The average Bonchev–Trinajstić information content (AvgIpc) is 2.72. The van der Waals surface area contributed by atoms with Crippen molar-refractivity contribution >= 4 is 17.5 Å². The number of halogens is 2. The average molecular weight is 431 g/mol. The summed E-state index contributed by atoms with van der Waals surface area (Å²) >= 11 is 6.18. The van der Waals surface area contributed by atoms with Crippen LogP contribution in [-0.2, 0) is 6.54 Å². The number of hydrogen-bond acceptors (Lipinski definition) is 4. The van der Waals surface area contributed by atoms with E-state index in [4.69, 9.17) is 11.6 Å². The minimum atomic E-state index is -0.853. The fourth-order valence-corrected chi connectivity index (χ4v) is 2.96. The summed E-state index contributed by atoms with van der Waals surface area (Å²) in [5.41, 5.74) is -1.53. The van der Waals surface area contributed by atoms with Crippen LogP contribution in [0.5, 0.6) is 0 Å². The topological polar surface area (TPSA) is 86.0 Å². The maximum Gasteiger partial charge on any atom is 0.352 e. The lowest BCUT2D eigenvalue weighted by Crippen LogP contribution is -2.47. The van der Waals surface area contributed by atoms with Gasteiger partial charge in [0.15, 0.2) is 0 Å². The van der Waals surface area contributed by atoms with E-state index in [1.54, 1.807) is 31.2 Å². The van der Waals surface area contributed by atoms with Gasteiger partial charge in [0.1, 0.15) is 5.82 Å². The summed E-state index contributed by atoms with van der Waals surface area (Å²) in [5, 5.41) is 6.99. The van der Waals surface area contributed by atoms with Gasteiger partial charge in [0.05, 0.1) is 12.2 Å². The van der Waals surface area contributed by atoms with Crippen molar-refractivity contribution in [3.8, 4) is 5.69 Å². The van der Waals surface area contributed by atoms with Crippen molar-refractivity contribution in [1.29, 1.82) is 0 Å². The van der Waals surface area contributed by atoms with E-state index in [0.29, 0.717) is 17.0 Å². The Morgan fingerprint density at radius 3 is 2.60 bits per heavy atom. The molecule has 7 nitrogen and oxygen atoms in total. The largest absolute Gasteiger partial charge is 0.352 e. The summed E-state index contributed by atoms with van der Waals surface area (Å²) < 4.78 is 15.4. The Morgan fingerprint density at radius 1 is 1.20 bits per heavy atom. The minimum absolute atomic E-state index is 0.0884. The van der Waals surface area contributed by atoms with E-state index in [0.717, 1.165) is 15.3 Å². The molecule has 0 aliphatic carbocycles. The molecule has 0 saturated heterocycles. The molecular formula is C21H20ClFN4O3. The predicted molar refractivity (Wildman–Crippen MR) is 112 cm³/mol. The molecule has 2 aromatic carbocycles. The second-order valence-electron chi connectivity index (χ2n) is 6.79. The van der Waals surface area contributed by atoms with E-state index in [-0.39, 0.29) is 18.3 Å². The Balaban J connectivity index is 2.22. The smallest absolute Gasteiger partial charge is 0.348 e. The van der Waals surface area contributed by atoms with E-state index in [1.807, 2.05) is 6.92 Å². The van der Waals surface area contributed by atoms with Gasteiger partial charge in [-0.25, -0.2) is 9.18 Å². The van der Waals surface area contributed by atoms with Crippen molar-refractivity contribution < 1.29 is 9.18 Å². The van der Waals surface area contributed by atoms with Crippen molar-refractivity contribution in [2.75, 3.05) is 0 Å². The van der Waals surface area contributed by atoms with Gasteiger partial charge in [-0.2, -0.15) is 9.78 Å². The molecule has 3 rings (SSSR count). The number of nitrogens with zero attached hydrogens (tertiary/aromatic N) is 3. The monoisotopic (exact) mass is 430 g/mol. The summed E-state index contributed by atoms with van der Waals surface area (Å²) in [6.07, 6.45) is 0.642. The fraction of sp³-hybridized carbons (Fsp3) is 0.238.